The molecule has 10 nitrogen and oxygen atoms in total. The first-order valence-electron chi connectivity index (χ1n) is 13.5. The van der Waals surface area contributed by atoms with E-state index in [0.717, 1.165) is 77.2 Å². The second-order valence-corrected chi connectivity index (χ2v) is 12.5. The van der Waals surface area contributed by atoms with Gasteiger partial charge in [-0.3, -0.25) is 9.97 Å². The van der Waals surface area contributed by atoms with Crippen LogP contribution in [0.1, 0.15) is 11.1 Å². The maximum absolute atomic E-state index is 6.16. The Balaban J connectivity index is 1.27. The molecule has 0 unspecified atom stereocenters. The molecule has 1 saturated heterocycles. The van der Waals surface area contributed by atoms with Crippen LogP contribution in [-0.4, -0.2) is 71.2 Å². The van der Waals surface area contributed by atoms with Gasteiger partial charge >= 0.3 is 0 Å². The van der Waals surface area contributed by atoms with Gasteiger partial charge in [0.05, 0.1) is 41.9 Å². The molecule has 0 saturated carbocycles. The van der Waals surface area contributed by atoms with Crippen LogP contribution in [0.25, 0.3) is 22.1 Å². The number of fused-ring (bicyclic) bond motifs is 3. The third-order valence-electron chi connectivity index (χ3n) is 7.44. The molecule has 0 amide bonds. The first-order chi connectivity index (χ1) is 19.6. The average Bonchev–Trinajstić information content (AvgIpc) is 3.64. The minimum absolute atomic E-state index is 0.468. The molecular weight excluding hydrogens is 523 g/mol. The number of H-pyrrole nitrogens is 1. The van der Waals surface area contributed by atoms with Gasteiger partial charge < -0.3 is 30.0 Å². The number of hydrogen-bond donors (Lipinski definition) is 3. The van der Waals surface area contributed by atoms with Crippen molar-refractivity contribution < 1.29 is 9.47 Å². The van der Waals surface area contributed by atoms with Crippen molar-refractivity contribution in [1.82, 2.24) is 24.9 Å². The van der Waals surface area contributed by atoms with Crippen LogP contribution in [-0.2, 0) is 11.2 Å². The van der Waals surface area contributed by atoms with Crippen molar-refractivity contribution in [2.24, 2.45) is 0 Å². The van der Waals surface area contributed by atoms with Crippen LogP contribution in [0.15, 0.2) is 42.9 Å². The molecule has 0 atom stereocenters. The number of rotatable bonds is 6. The summed E-state index contributed by atoms with van der Waals surface area (Å²) in [5.74, 6) is 2.09. The predicted molar refractivity (Wildman–Crippen MR) is 162 cm³/mol. The largest absolute Gasteiger partial charge is 0.491 e. The summed E-state index contributed by atoms with van der Waals surface area (Å²) >= 11 is 0. The van der Waals surface area contributed by atoms with Crippen molar-refractivity contribution >= 4 is 64.1 Å². The molecule has 11 heteroatoms. The van der Waals surface area contributed by atoms with E-state index in [4.69, 9.17) is 19.4 Å². The molecule has 2 aliphatic heterocycles. The molecule has 40 heavy (non-hydrogen) atoms. The van der Waals surface area contributed by atoms with Gasteiger partial charge in [-0.15, -0.1) is 0 Å². The molecule has 0 aliphatic carbocycles. The Hall–Kier alpha value is -4.01. The average molecular weight is 555 g/mol. The normalized spacial score (nSPS) is 15.1. The highest BCUT2D eigenvalue weighted by Gasteiger charge is 2.27. The lowest BCUT2D eigenvalue weighted by Gasteiger charge is -2.32. The van der Waals surface area contributed by atoms with Crippen molar-refractivity contribution in [3.05, 3.63) is 54.0 Å². The van der Waals surface area contributed by atoms with Gasteiger partial charge in [0.15, 0.2) is 0 Å². The Morgan fingerprint density at radius 2 is 1.82 bits per heavy atom. The zero-order chi connectivity index (χ0) is 27.2. The summed E-state index contributed by atoms with van der Waals surface area (Å²) in [7, 11) is -0.468. The molecule has 3 N–H and O–H groups in total. The van der Waals surface area contributed by atoms with Crippen molar-refractivity contribution in [1.29, 1.82) is 0 Å². The Morgan fingerprint density at radius 1 is 0.975 bits per heavy atom. The molecule has 5 aromatic rings. The number of anilines is 5. The monoisotopic (exact) mass is 554 g/mol. The number of aromatic amines is 1. The van der Waals surface area contributed by atoms with Crippen molar-refractivity contribution in [2.75, 3.05) is 61.8 Å². The van der Waals surface area contributed by atoms with E-state index in [1.807, 2.05) is 18.3 Å². The number of aromatic nitrogens is 5. The quantitative estimate of drug-likeness (QED) is 0.254. The third kappa shape index (κ3) is 4.37. The first-order valence-corrected chi connectivity index (χ1v) is 15.7. The molecular formula is C29H31N8O2P. The molecule has 1 fully saturated rings. The number of aryl methyl sites for hydroxylation is 1. The van der Waals surface area contributed by atoms with E-state index in [2.05, 4.69) is 62.9 Å². The fourth-order valence-corrected chi connectivity index (χ4v) is 6.95. The molecule has 7 rings (SSSR count). The lowest BCUT2D eigenvalue weighted by Crippen LogP contribution is -2.37. The van der Waals surface area contributed by atoms with E-state index in [0.29, 0.717) is 18.4 Å². The van der Waals surface area contributed by atoms with Crippen LogP contribution < -0.4 is 25.6 Å². The molecule has 0 bridgehead atoms. The van der Waals surface area contributed by atoms with Gasteiger partial charge in [0.1, 0.15) is 17.2 Å². The SMILES string of the molecule is Cc1cc(Nc2nc(Nc3ccc4nccnc4c3P(C)C)c3cc[nH]c3n2)c2c(c1N1CCOCC1)CCO2. The fraction of sp³-hybridized carbons (Fsp3) is 0.310. The van der Waals surface area contributed by atoms with Crippen LogP contribution in [0.4, 0.5) is 28.8 Å². The third-order valence-corrected chi connectivity index (χ3v) is 8.79. The van der Waals surface area contributed by atoms with Crippen molar-refractivity contribution in [3.8, 4) is 5.75 Å². The highest BCUT2D eigenvalue weighted by atomic mass is 31.1. The Kier molecular flexibility index (Phi) is 6.37. The summed E-state index contributed by atoms with van der Waals surface area (Å²) in [6, 6.07) is 8.20. The van der Waals surface area contributed by atoms with E-state index in [1.165, 1.54) is 16.8 Å². The van der Waals surface area contributed by atoms with Gasteiger partial charge in [0.25, 0.3) is 0 Å². The maximum Gasteiger partial charge on any atom is 0.231 e. The second-order valence-electron chi connectivity index (χ2n) is 10.3. The van der Waals surface area contributed by atoms with Crippen LogP contribution in [0.5, 0.6) is 5.75 Å². The van der Waals surface area contributed by atoms with Gasteiger partial charge in [0, 0.05) is 60.3 Å². The van der Waals surface area contributed by atoms with Gasteiger partial charge in [0.2, 0.25) is 5.95 Å². The van der Waals surface area contributed by atoms with Crippen molar-refractivity contribution in [2.45, 2.75) is 13.3 Å². The first kappa shape index (κ1) is 25.0. The van der Waals surface area contributed by atoms with Gasteiger partial charge in [-0.05, 0) is 50.1 Å². The minimum Gasteiger partial charge on any atom is -0.491 e. The summed E-state index contributed by atoms with van der Waals surface area (Å²) in [6.07, 6.45) is 6.24. The number of nitrogens with one attached hydrogen (secondary N) is 3. The number of ether oxygens (including phenoxy) is 2. The lowest BCUT2D eigenvalue weighted by atomic mass is 10.0. The van der Waals surface area contributed by atoms with E-state index >= 15 is 0 Å². The molecule has 0 radical (unpaired) electrons. The molecule has 2 aromatic carbocycles. The number of nitrogens with zero attached hydrogens (tertiary/aromatic N) is 5. The van der Waals surface area contributed by atoms with E-state index in [1.54, 1.807) is 12.4 Å². The van der Waals surface area contributed by atoms with Crippen LogP contribution in [0.2, 0.25) is 0 Å². The number of benzene rings is 2. The Morgan fingerprint density at radius 3 is 2.67 bits per heavy atom. The van der Waals surface area contributed by atoms with E-state index < -0.39 is 7.92 Å². The van der Waals surface area contributed by atoms with Crippen LogP contribution >= 0.6 is 7.92 Å². The molecule has 0 spiro atoms. The van der Waals surface area contributed by atoms with Crippen LogP contribution in [0.3, 0.4) is 0 Å². The summed E-state index contributed by atoms with van der Waals surface area (Å²) in [6.45, 7) is 10.6. The standard InChI is InChI=1S/C29H31N8O2P/c1-17-16-22(25-18(7-13-39-25)24(17)37-11-14-38-15-12-37)34-29-35-27-19(6-8-32-27)28(36-29)33-21-5-4-20-23(26(21)40(2)3)31-10-9-30-20/h4-6,8-10,16H,7,11-15H2,1-3H3,(H3,32,33,34,35,36). The zero-order valence-electron chi connectivity index (χ0n) is 22.8. The van der Waals surface area contributed by atoms with Gasteiger partial charge in [-0.2, -0.15) is 9.97 Å². The molecule has 204 valence electrons. The molecule has 5 heterocycles. The summed E-state index contributed by atoms with van der Waals surface area (Å²) < 4.78 is 11.8. The highest BCUT2D eigenvalue weighted by molar-refractivity contribution is 7.65. The highest BCUT2D eigenvalue weighted by Crippen LogP contribution is 2.44. The summed E-state index contributed by atoms with van der Waals surface area (Å²) in [4.78, 5) is 24.6. The van der Waals surface area contributed by atoms with E-state index in [9.17, 15) is 0 Å². The summed E-state index contributed by atoms with van der Waals surface area (Å²) in [5, 5.41) is 9.16. The number of hydrogen-bond acceptors (Lipinski definition) is 9. The fourth-order valence-electron chi connectivity index (χ4n) is 5.75. The van der Waals surface area contributed by atoms with Gasteiger partial charge in [-0.1, -0.05) is 7.92 Å². The Bertz CT molecular complexity index is 1730. The summed E-state index contributed by atoms with van der Waals surface area (Å²) in [5.41, 5.74) is 8.13. The number of morpholine rings is 1. The van der Waals surface area contributed by atoms with E-state index in [-0.39, 0.29) is 0 Å². The topological polar surface area (TPSA) is 113 Å². The lowest BCUT2D eigenvalue weighted by molar-refractivity contribution is 0.122. The smallest absolute Gasteiger partial charge is 0.231 e. The maximum atomic E-state index is 6.16. The zero-order valence-corrected chi connectivity index (χ0v) is 23.7. The second kappa shape index (κ2) is 10.2. The predicted octanol–water partition coefficient (Wildman–Crippen LogP) is 4.84. The van der Waals surface area contributed by atoms with Crippen LogP contribution in [0, 0.1) is 6.92 Å². The Labute approximate surface area is 233 Å². The minimum atomic E-state index is -0.468. The molecule has 2 aliphatic rings. The van der Waals surface area contributed by atoms with Crippen molar-refractivity contribution in [3.63, 3.8) is 0 Å². The van der Waals surface area contributed by atoms with Gasteiger partial charge in [-0.25, -0.2) is 0 Å². The molecule has 3 aromatic heterocycles.